The summed E-state index contributed by atoms with van der Waals surface area (Å²) in [6.45, 7) is 0.799. The zero-order valence-electron chi connectivity index (χ0n) is 11.3. The summed E-state index contributed by atoms with van der Waals surface area (Å²) in [6.07, 6.45) is 2.93. The number of rotatable bonds is 3. The van der Waals surface area contributed by atoms with Crippen molar-refractivity contribution in [3.8, 4) is 5.88 Å². The molecule has 110 valence electrons. The molecule has 21 heavy (non-hydrogen) atoms. The maximum Gasteiger partial charge on any atom is 0.248 e. The van der Waals surface area contributed by atoms with E-state index in [1.807, 2.05) is 0 Å². The molecule has 1 saturated heterocycles. The highest BCUT2D eigenvalue weighted by Gasteiger charge is 2.24. The van der Waals surface area contributed by atoms with Crippen molar-refractivity contribution < 1.29 is 14.3 Å². The normalized spacial score (nSPS) is 19.0. The highest BCUT2D eigenvalue weighted by Crippen LogP contribution is 2.23. The van der Waals surface area contributed by atoms with Gasteiger partial charge in [-0.25, -0.2) is 4.98 Å². The molecule has 0 radical (unpaired) electrons. The van der Waals surface area contributed by atoms with Gasteiger partial charge in [-0.15, -0.1) is 0 Å². The van der Waals surface area contributed by atoms with E-state index in [1.165, 1.54) is 0 Å². The molecule has 1 amide bonds. The third-order valence-electron chi connectivity index (χ3n) is 3.15. The lowest BCUT2D eigenvalue weighted by Gasteiger charge is -2.29. The number of amides is 1. The van der Waals surface area contributed by atoms with Crippen LogP contribution in [0.25, 0.3) is 11.0 Å². The number of fused-ring (bicyclic) bond motifs is 1. The molecular weight excluding hydrogens is 296 g/mol. The zero-order valence-corrected chi connectivity index (χ0v) is 12.1. The fourth-order valence-electron chi connectivity index (χ4n) is 2.05. The summed E-state index contributed by atoms with van der Waals surface area (Å²) >= 11 is 5.94. The third kappa shape index (κ3) is 3.03. The number of carbonyl (C=O) groups excluding carboxylic acids is 1. The number of halogens is 1. The zero-order chi connectivity index (χ0) is 14.8. The van der Waals surface area contributed by atoms with E-state index < -0.39 is 0 Å². The van der Waals surface area contributed by atoms with Gasteiger partial charge in [0.1, 0.15) is 24.5 Å². The smallest absolute Gasteiger partial charge is 0.248 e. The Morgan fingerprint density at radius 1 is 1.48 bits per heavy atom. The first kappa shape index (κ1) is 14.0. The fourth-order valence-corrected chi connectivity index (χ4v) is 2.23. The molecule has 0 N–H and O–H groups in total. The molecule has 1 atom stereocenters. The Labute approximate surface area is 125 Å². The van der Waals surface area contributed by atoms with E-state index in [-0.39, 0.29) is 30.4 Å². The van der Waals surface area contributed by atoms with Gasteiger partial charge in [-0.1, -0.05) is 11.6 Å². The average molecular weight is 309 g/mol. The number of morpholine rings is 1. The summed E-state index contributed by atoms with van der Waals surface area (Å²) in [5, 5.41) is 0.287. The predicted molar refractivity (Wildman–Crippen MR) is 75.2 cm³/mol. The van der Waals surface area contributed by atoms with Crippen molar-refractivity contribution in [3.05, 3.63) is 23.6 Å². The van der Waals surface area contributed by atoms with Crippen LogP contribution in [0.1, 0.15) is 0 Å². The van der Waals surface area contributed by atoms with E-state index in [9.17, 15) is 4.79 Å². The van der Waals surface area contributed by atoms with Crippen molar-refractivity contribution in [1.29, 1.82) is 0 Å². The minimum atomic E-state index is -0.208. The maximum atomic E-state index is 11.3. The molecule has 0 aromatic carbocycles. The van der Waals surface area contributed by atoms with Crippen LogP contribution in [0.5, 0.6) is 5.88 Å². The van der Waals surface area contributed by atoms with Crippen LogP contribution in [-0.2, 0) is 9.53 Å². The van der Waals surface area contributed by atoms with Crippen molar-refractivity contribution >= 4 is 28.5 Å². The molecule has 1 aliphatic heterocycles. The van der Waals surface area contributed by atoms with Crippen LogP contribution < -0.4 is 4.74 Å². The molecule has 0 aliphatic carbocycles. The van der Waals surface area contributed by atoms with Gasteiger partial charge in [-0.05, 0) is 0 Å². The second-order valence-electron chi connectivity index (χ2n) is 4.69. The molecule has 0 saturated carbocycles. The standard InChI is InChI=1S/C13H13ClN4O3/c1-18-5-8(20-7-11(18)19)6-21-13-12-9(4-10(14)17-13)15-2-3-16-12/h2-4,8H,5-7H2,1H3/t8-/m0/s1. The maximum absolute atomic E-state index is 11.3. The Kier molecular flexibility index (Phi) is 3.85. The van der Waals surface area contributed by atoms with Gasteiger partial charge >= 0.3 is 0 Å². The lowest BCUT2D eigenvalue weighted by atomic mass is 10.3. The summed E-state index contributed by atoms with van der Waals surface area (Å²) in [7, 11) is 1.73. The molecule has 0 bridgehead atoms. The predicted octanol–water partition coefficient (Wildman–Crippen LogP) is 0.914. The lowest BCUT2D eigenvalue weighted by molar-refractivity contribution is -0.148. The van der Waals surface area contributed by atoms with Crippen LogP contribution in [-0.4, -0.2) is 58.7 Å². The Hall–Kier alpha value is -1.99. The molecule has 0 unspecified atom stereocenters. The van der Waals surface area contributed by atoms with Gasteiger partial charge in [-0.2, -0.15) is 4.98 Å². The van der Waals surface area contributed by atoms with E-state index in [4.69, 9.17) is 21.1 Å². The van der Waals surface area contributed by atoms with Crippen molar-refractivity contribution in [2.75, 3.05) is 26.8 Å². The van der Waals surface area contributed by atoms with Crippen LogP contribution in [0.3, 0.4) is 0 Å². The Balaban J connectivity index is 1.75. The van der Waals surface area contributed by atoms with Crippen molar-refractivity contribution in [2.24, 2.45) is 0 Å². The molecule has 3 heterocycles. The number of nitrogens with zero attached hydrogens (tertiary/aromatic N) is 4. The molecule has 2 aromatic heterocycles. The number of aromatic nitrogens is 3. The monoisotopic (exact) mass is 308 g/mol. The highest BCUT2D eigenvalue weighted by atomic mass is 35.5. The van der Waals surface area contributed by atoms with E-state index in [0.29, 0.717) is 23.5 Å². The second-order valence-corrected chi connectivity index (χ2v) is 5.08. The van der Waals surface area contributed by atoms with Crippen LogP contribution >= 0.6 is 11.6 Å². The van der Waals surface area contributed by atoms with Gasteiger partial charge < -0.3 is 14.4 Å². The van der Waals surface area contributed by atoms with Crippen molar-refractivity contribution in [3.63, 3.8) is 0 Å². The first-order valence-corrected chi connectivity index (χ1v) is 6.77. The van der Waals surface area contributed by atoms with Crippen molar-refractivity contribution in [1.82, 2.24) is 19.9 Å². The topological polar surface area (TPSA) is 77.4 Å². The summed E-state index contributed by atoms with van der Waals surface area (Å²) in [5.74, 6) is 0.275. The van der Waals surface area contributed by atoms with E-state index in [1.54, 1.807) is 30.4 Å². The summed E-state index contributed by atoms with van der Waals surface area (Å²) < 4.78 is 11.1. The van der Waals surface area contributed by atoms with Gasteiger partial charge in [0.05, 0.1) is 5.52 Å². The molecular formula is C13H13ClN4O3. The number of carbonyl (C=O) groups is 1. The number of ether oxygens (including phenoxy) is 2. The van der Waals surface area contributed by atoms with Crippen LogP contribution in [0.2, 0.25) is 5.15 Å². The lowest BCUT2D eigenvalue weighted by Crippen LogP contribution is -2.46. The van der Waals surface area contributed by atoms with Gasteiger partial charge in [0.25, 0.3) is 0 Å². The highest BCUT2D eigenvalue weighted by molar-refractivity contribution is 6.30. The van der Waals surface area contributed by atoms with Gasteiger partial charge in [0.15, 0.2) is 5.52 Å². The van der Waals surface area contributed by atoms with E-state index in [0.717, 1.165) is 0 Å². The van der Waals surface area contributed by atoms with Gasteiger partial charge in [0, 0.05) is 32.1 Å². The van der Waals surface area contributed by atoms with Gasteiger partial charge in [0.2, 0.25) is 11.8 Å². The fraction of sp³-hybridized carbons (Fsp3) is 0.385. The van der Waals surface area contributed by atoms with E-state index in [2.05, 4.69) is 15.0 Å². The second kappa shape index (κ2) is 5.79. The summed E-state index contributed by atoms with van der Waals surface area (Å²) in [6, 6.07) is 1.63. The summed E-state index contributed by atoms with van der Waals surface area (Å²) in [5.41, 5.74) is 1.16. The van der Waals surface area contributed by atoms with Crippen molar-refractivity contribution in [2.45, 2.75) is 6.10 Å². The quantitative estimate of drug-likeness (QED) is 0.785. The van der Waals surface area contributed by atoms with Crippen LogP contribution in [0.4, 0.5) is 0 Å². The Bertz CT molecular complexity index is 682. The molecule has 3 rings (SSSR count). The SMILES string of the molecule is CN1C[C@@H](COc2nc(Cl)cc3nccnc23)OCC1=O. The molecule has 1 fully saturated rings. The number of likely N-dealkylation sites (N-methyl/N-ethyl adjacent to an activating group) is 1. The van der Waals surface area contributed by atoms with E-state index >= 15 is 0 Å². The first-order valence-electron chi connectivity index (χ1n) is 6.39. The number of hydrogen-bond acceptors (Lipinski definition) is 6. The third-order valence-corrected chi connectivity index (χ3v) is 3.34. The first-order chi connectivity index (χ1) is 10.1. The minimum Gasteiger partial charge on any atom is -0.473 e. The van der Waals surface area contributed by atoms with Crippen LogP contribution in [0, 0.1) is 0 Å². The van der Waals surface area contributed by atoms with Crippen LogP contribution in [0.15, 0.2) is 18.5 Å². The molecule has 0 spiro atoms. The Morgan fingerprint density at radius 2 is 2.29 bits per heavy atom. The minimum absolute atomic E-state index is 0.0385. The number of hydrogen-bond donors (Lipinski definition) is 0. The molecule has 8 heteroatoms. The van der Waals surface area contributed by atoms with Gasteiger partial charge in [-0.3, -0.25) is 9.78 Å². The Morgan fingerprint density at radius 3 is 3.10 bits per heavy atom. The molecule has 1 aliphatic rings. The average Bonchev–Trinajstić information content (AvgIpc) is 2.48. The molecule has 2 aromatic rings. The largest absolute Gasteiger partial charge is 0.473 e. The molecule has 7 nitrogen and oxygen atoms in total. The summed E-state index contributed by atoms with van der Waals surface area (Å²) in [4.78, 5) is 25.4. The number of pyridine rings is 1.